The Morgan fingerprint density at radius 1 is 0.824 bits per heavy atom. The van der Waals surface area contributed by atoms with Gasteiger partial charge in [-0.15, -0.1) is 0 Å². The van der Waals surface area contributed by atoms with Gasteiger partial charge in [0.05, 0.1) is 10.9 Å². The van der Waals surface area contributed by atoms with E-state index in [0.717, 1.165) is 30.2 Å². The summed E-state index contributed by atoms with van der Waals surface area (Å²) in [5, 5.41) is 1.94. The van der Waals surface area contributed by atoms with Crippen molar-refractivity contribution in [2.75, 3.05) is 19.6 Å². The number of hydrogen-bond donors (Lipinski definition) is 0. The summed E-state index contributed by atoms with van der Waals surface area (Å²) < 4.78 is 28.1. The van der Waals surface area contributed by atoms with Gasteiger partial charge in [-0.3, -0.25) is 4.79 Å². The molecule has 1 unspecified atom stereocenters. The molecule has 5 rings (SSSR count). The maximum Gasteiger partial charge on any atom is 0.243 e. The number of aryl methyl sites for hydroxylation is 2. The number of amides is 1. The van der Waals surface area contributed by atoms with Gasteiger partial charge in [-0.2, -0.15) is 4.31 Å². The van der Waals surface area contributed by atoms with Crippen LogP contribution in [0.2, 0.25) is 0 Å². The van der Waals surface area contributed by atoms with Gasteiger partial charge in [-0.05, 0) is 79.1 Å². The Kier molecular flexibility index (Phi) is 6.21. The molecule has 2 heterocycles. The van der Waals surface area contributed by atoms with Crippen LogP contribution < -0.4 is 0 Å². The lowest BCUT2D eigenvalue weighted by atomic mass is 9.94. The smallest absolute Gasteiger partial charge is 0.243 e. The van der Waals surface area contributed by atoms with Crippen molar-refractivity contribution in [3.8, 4) is 0 Å². The lowest BCUT2D eigenvalue weighted by Crippen LogP contribution is -2.44. The van der Waals surface area contributed by atoms with E-state index in [1.165, 1.54) is 16.7 Å². The summed E-state index contributed by atoms with van der Waals surface area (Å²) in [6.45, 7) is 5.77. The Balaban J connectivity index is 1.27. The molecule has 2 saturated heterocycles. The van der Waals surface area contributed by atoms with Crippen LogP contribution >= 0.6 is 0 Å². The van der Waals surface area contributed by atoms with Crippen molar-refractivity contribution in [1.29, 1.82) is 0 Å². The zero-order valence-electron chi connectivity index (χ0n) is 19.9. The first-order chi connectivity index (χ1) is 16.3. The third-order valence-corrected chi connectivity index (χ3v) is 9.51. The summed E-state index contributed by atoms with van der Waals surface area (Å²) in [6.07, 6.45) is 3.14. The van der Waals surface area contributed by atoms with Gasteiger partial charge >= 0.3 is 0 Å². The number of hydrogen-bond acceptors (Lipinski definition) is 3. The van der Waals surface area contributed by atoms with Crippen molar-refractivity contribution >= 4 is 26.7 Å². The van der Waals surface area contributed by atoms with Crippen molar-refractivity contribution in [2.45, 2.75) is 50.5 Å². The Morgan fingerprint density at radius 3 is 2.29 bits per heavy atom. The Labute approximate surface area is 202 Å². The second kappa shape index (κ2) is 9.16. The van der Waals surface area contributed by atoms with Gasteiger partial charge in [-0.1, -0.05) is 48.5 Å². The third kappa shape index (κ3) is 4.25. The van der Waals surface area contributed by atoms with Crippen LogP contribution in [0.25, 0.3) is 10.8 Å². The molecule has 34 heavy (non-hydrogen) atoms. The zero-order valence-corrected chi connectivity index (χ0v) is 20.7. The Hall–Kier alpha value is -2.70. The van der Waals surface area contributed by atoms with E-state index >= 15 is 0 Å². The van der Waals surface area contributed by atoms with Crippen molar-refractivity contribution in [3.63, 3.8) is 0 Å². The monoisotopic (exact) mass is 476 g/mol. The van der Waals surface area contributed by atoms with Crippen molar-refractivity contribution in [3.05, 3.63) is 77.4 Å². The molecule has 0 radical (unpaired) electrons. The van der Waals surface area contributed by atoms with Crippen LogP contribution in [0.4, 0.5) is 0 Å². The van der Waals surface area contributed by atoms with Gasteiger partial charge < -0.3 is 4.90 Å². The van der Waals surface area contributed by atoms with Crippen LogP contribution in [0.15, 0.2) is 65.6 Å². The van der Waals surface area contributed by atoms with E-state index in [-0.39, 0.29) is 17.9 Å². The number of nitrogens with zero attached hydrogens (tertiary/aromatic N) is 2. The van der Waals surface area contributed by atoms with Gasteiger partial charge in [-0.25, -0.2) is 8.42 Å². The fourth-order valence-corrected chi connectivity index (χ4v) is 6.91. The number of fused-ring (bicyclic) bond motifs is 1. The molecule has 0 spiro atoms. The number of carbonyl (C=O) groups excluding carboxylic acids is 1. The molecule has 6 heteroatoms. The summed E-state index contributed by atoms with van der Waals surface area (Å²) in [4.78, 5) is 15.8. The molecule has 2 fully saturated rings. The van der Waals surface area contributed by atoms with E-state index in [4.69, 9.17) is 0 Å². The van der Waals surface area contributed by atoms with Gasteiger partial charge in [0.15, 0.2) is 0 Å². The largest absolute Gasteiger partial charge is 0.335 e. The topological polar surface area (TPSA) is 57.7 Å². The van der Waals surface area contributed by atoms with Crippen molar-refractivity contribution in [2.24, 2.45) is 5.92 Å². The Bertz CT molecular complexity index is 1330. The van der Waals surface area contributed by atoms with Crippen molar-refractivity contribution < 1.29 is 13.2 Å². The average Bonchev–Trinajstić information content (AvgIpc) is 3.35. The number of likely N-dealkylation sites (tertiary alicyclic amines) is 1. The second-order valence-electron chi connectivity index (χ2n) is 9.72. The normalized spacial score (nSPS) is 20.2. The molecule has 0 saturated carbocycles. The van der Waals surface area contributed by atoms with Crippen LogP contribution in [0.5, 0.6) is 0 Å². The van der Waals surface area contributed by atoms with Crippen LogP contribution in [0.3, 0.4) is 0 Å². The van der Waals surface area contributed by atoms with E-state index in [2.05, 4.69) is 32.0 Å². The minimum atomic E-state index is -3.58. The predicted octanol–water partition coefficient (Wildman–Crippen LogP) is 5.22. The number of carbonyl (C=O) groups is 1. The minimum Gasteiger partial charge on any atom is -0.335 e. The molecule has 0 N–H and O–H groups in total. The number of rotatable bonds is 4. The highest BCUT2D eigenvalue weighted by Gasteiger charge is 2.37. The van der Waals surface area contributed by atoms with E-state index in [1.807, 2.05) is 35.2 Å². The Morgan fingerprint density at radius 2 is 1.56 bits per heavy atom. The highest BCUT2D eigenvalue weighted by atomic mass is 32.2. The van der Waals surface area contributed by atoms with Gasteiger partial charge in [0.25, 0.3) is 0 Å². The summed E-state index contributed by atoms with van der Waals surface area (Å²) in [5.74, 6) is 0.0682. The first-order valence-corrected chi connectivity index (χ1v) is 13.7. The molecule has 0 aromatic heterocycles. The summed E-state index contributed by atoms with van der Waals surface area (Å²) in [6, 6.07) is 19.7. The fraction of sp³-hybridized carbons (Fsp3) is 0.393. The second-order valence-corrected chi connectivity index (χ2v) is 11.7. The van der Waals surface area contributed by atoms with Gasteiger partial charge in [0.1, 0.15) is 0 Å². The predicted molar refractivity (Wildman–Crippen MR) is 135 cm³/mol. The summed E-state index contributed by atoms with van der Waals surface area (Å²) >= 11 is 0. The summed E-state index contributed by atoms with van der Waals surface area (Å²) in [5.41, 5.74) is 3.73. The van der Waals surface area contributed by atoms with Crippen LogP contribution in [0.1, 0.15) is 48.4 Å². The number of sulfonamides is 1. The molecule has 178 valence electrons. The van der Waals surface area contributed by atoms with Crippen LogP contribution in [0, 0.1) is 19.8 Å². The molecular weight excluding hydrogens is 444 g/mol. The van der Waals surface area contributed by atoms with Crippen LogP contribution in [-0.2, 0) is 14.8 Å². The zero-order chi connectivity index (χ0) is 23.9. The highest BCUT2D eigenvalue weighted by molar-refractivity contribution is 7.89. The lowest BCUT2D eigenvalue weighted by molar-refractivity contribution is -0.137. The SMILES string of the molecule is Cc1ccc(C2CCCN2C(=O)C2CCN(S(=O)(=O)c3ccc4ccccc4c3)CC2)cc1C. The number of piperidine rings is 1. The minimum absolute atomic E-state index is 0.116. The number of benzene rings is 3. The molecule has 5 nitrogen and oxygen atoms in total. The molecule has 3 aromatic rings. The molecule has 1 amide bonds. The first kappa shape index (κ1) is 23.1. The molecule has 2 aliphatic rings. The van der Waals surface area contributed by atoms with Crippen molar-refractivity contribution in [1.82, 2.24) is 9.21 Å². The molecule has 1 atom stereocenters. The van der Waals surface area contributed by atoms with E-state index in [0.29, 0.717) is 30.8 Å². The lowest BCUT2D eigenvalue weighted by Gasteiger charge is -2.34. The van der Waals surface area contributed by atoms with E-state index in [9.17, 15) is 13.2 Å². The molecule has 0 bridgehead atoms. The summed E-state index contributed by atoms with van der Waals surface area (Å²) in [7, 11) is -3.58. The van der Waals surface area contributed by atoms with Crippen LogP contribution in [-0.4, -0.2) is 43.2 Å². The highest BCUT2D eigenvalue weighted by Crippen LogP contribution is 2.36. The fourth-order valence-electron chi connectivity index (χ4n) is 5.40. The molecule has 2 aliphatic heterocycles. The average molecular weight is 477 g/mol. The molecule has 0 aliphatic carbocycles. The maximum absolute atomic E-state index is 13.5. The first-order valence-electron chi connectivity index (χ1n) is 12.2. The molecular formula is C28H32N2O3S. The maximum atomic E-state index is 13.5. The van der Waals surface area contributed by atoms with E-state index in [1.54, 1.807) is 16.4 Å². The van der Waals surface area contributed by atoms with Gasteiger partial charge in [0, 0.05) is 25.6 Å². The third-order valence-electron chi connectivity index (χ3n) is 7.61. The quantitative estimate of drug-likeness (QED) is 0.519. The standard InChI is InChI=1S/C28H32N2O3S/c1-20-9-10-25(18-21(20)2)27-8-5-15-30(27)28(31)23-13-16-29(17-14-23)34(32,33)26-12-11-22-6-3-4-7-24(22)19-26/h3-4,6-7,9-12,18-19,23,27H,5,8,13-17H2,1-2H3. The molecule has 3 aromatic carbocycles. The van der Waals surface area contributed by atoms with Gasteiger partial charge in [0.2, 0.25) is 15.9 Å². The van der Waals surface area contributed by atoms with E-state index < -0.39 is 10.0 Å².